The molecular formula is C27H26FN9O. The Bertz CT molecular complexity index is 1750. The average molecular weight is 512 g/mol. The number of H-pyrrole nitrogens is 2. The van der Waals surface area contributed by atoms with E-state index < -0.39 is 12.0 Å². The van der Waals surface area contributed by atoms with Gasteiger partial charge in [-0.15, -0.1) is 0 Å². The molecule has 0 saturated heterocycles. The Morgan fingerprint density at radius 2 is 2.05 bits per heavy atom. The van der Waals surface area contributed by atoms with Crippen molar-refractivity contribution in [2.24, 2.45) is 0 Å². The summed E-state index contributed by atoms with van der Waals surface area (Å²) in [6, 6.07) is 7.06. The number of nitrogens with one attached hydrogen (secondary N) is 3. The topological polar surface area (TPSA) is 133 Å². The number of imidazole rings is 2. The molecular weight excluding hydrogens is 485 g/mol. The van der Waals surface area contributed by atoms with Gasteiger partial charge < -0.3 is 15.4 Å². The van der Waals surface area contributed by atoms with Crippen molar-refractivity contribution >= 4 is 27.6 Å². The smallest absolute Gasteiger partial charge is 0.166 e. The Morgan fingerprint density at radius 3 is 2.87 bits per heavy atom. The van der Waals surface area contributed by atoms with E-state index in [9.17, 15) is 5.11 Å². The first kappa shape index (κ1) is 23.7. The fourth-order valence-corrected chi connectivity index (χ4v) is 4.55. The van der Waals surface area contributed by atoms with Crippen LogP contribution in [0.15, 0.2) is 55.4 Å². The van der Waals surface area contributed by atoms with Gasteiger partial charge in [0.2, 0.25) is 0 Å². The molecule has 0 radical (unpaired) electrons. The number of hydrogen-bond donors (Lipinski definition) is 4. The van der Waals surface area contributed by atoms with E-state index >= 15 is 4.39 Å². The van der Waals surface area contributed by atoms with Crippen LogP contribution in [0.3, 0.4) is 0 Å². The highest BCUT2D eigenvalue weighted by atomic mass is 19.1. The number of aromatic nitrogens is 8. The zero-order chi connectivity index (χ0) is 26.2. The lowest BCUT2D eigenvalue weighted by atomic mass is 10.0. The number of anilines is 1. The van der Waals surface area contributed by atoms with Crippen LogP contribution in [0.5, 0.6) is 0 Å². The van der Waals surface area contributed by atoms with E-state index in [0.717, 1.165) is 24.1 Å². The van der Waals surface area contributed by atoms with Gasteiger partial charge in [0.1, 0.15) is 29.6 Å². The van der Waals surface area contributed by atoms with E-state index in [1.165, 1.54) is 0 Å². The van der Waals surface area contributed by atoms with Crippen LogP contribution in [0.4, 0.5) is 10.1 Å². The summed E-state index contributed by atoms with van der Waals surface area (Å²) in [7, 11) is 0. The van der Waals surface area contributed by atoms with Crippen molar-refractivity contribution in [3.8, 4) is 28.5 Å². The molecule has 6 aromatic rings. The van der Waals surface area contributed by atoms with E-state index in [1.807, 2.05) is 19.2 Å². The zero-order valence-electron chi connectivity index (χ0n) is 20.9. The second-order valence-corrected chi connectivity index (χ2v) is 9.22. The maximum absolute atomic E-state index is 16.1. The molecule has 0 bridgehead atoms. The molecule has 1 unspecified atom stereocenters. The van der Waals surface area contributed by atoms with Gasteiger partial charge in [0, 0.05) is 29.7 Å². The molecule has 0 amide bonds. The van der Waals surface area contributed by atoms with Gasteiger partial charge >= 0.3 is 0 Å². The van der Waals surface area contributed by atoms with Crippen molar-refractivity contribution in [3.05, 3.63) is 66.9 Å². The molecule has 0 aliphatic rings. The van der Waals surface area contributed by atoms with Crippen molar-refractivity contribution in [1.29, 1.82) is 0 Å². The molecule has 38 heavy (non-hydrogen) atoms. The quantitative estimate of drug-likeness (QED) is 0.209. The maximum Gasteiger partial charge on any atom is 0.166 e. The van der Waals surface area contributed by atoms with Gasteiger partial charge in [-0.25, -0.2) is 19.3 Å². The SMILES string of the molecule is CCCCC(O)Nc1cncc(-c2ccc3[nH]nc(-c4nc5c(-n6cnc(C)c6)nccc5[nH]4)c3c2F)c1. The summed E-state index contributed by atoms with van der Waals surface area (Å²) in [5.74, 6) is 0.588. The van der Waals surface area contributed by atoms with Crippen LogP contribution >= 0.6 is 0 Å². The van der Waals surface area contributed by atoms with Crippen molar-refractivity contribution < 1.29 is 9.50 Å². The highest BCUT2D eigenvalue weighted by Gasteiger charge is 2.21. The number of aliphatic hydroxyl groups excluding tert-OH is 1. The Hall–Kier alpha value is -4.64. The predicted octanol–water partition coefficient (Wildman–Crippen LogP) is 5.12. The second kappa shape index (κ2) is 9.67. The van der Waals surface area contributed by atoms with Crippen LogP contribution in [0.25, 0.3) is 50.4 Å². The molecule has 4 N–H and O–H groups in total. The molecule has 0 fully saturated rings. The Balaban J connectivity index is 1.40. The van der Waals surface area contributed by atoms with E-state index in [0.29, 0.717) is 57.0 Å². The second-order valence-electron chi connectivity index (χ2n) is 9.22. The first-order valence-corrected chi connectivity index (χ1v) is 12.4. The minimum Gasteiger partial charge on any atom is -0.374 e. The number of aromatic amines is 2. The fraction of sp³-hybridized carbons (Fsp3) is 0.222. The largest absolute Gasteiger partial charge is 0.374 e. The van der Waals surface area contributed by atoms with Crippen LogP contribution in [-0.4, -0.2) is 51.0 Å². The molecule has 1 atom stereocenters. The number of pyridine rings is 2. The Kier molecular flexibility index (Phi) is 6.04. The summed E-state index contributed by atoms with van der Waals surface area (Å²) in [4.78, 5) is 21.0. The molecule has 5 heterocycles. The van der Waals surface area contributed by atoms with Gasteiger partial charge in [0.15, 0.2) is 11.6 Å². The molecule has 0 aliphatic heterocycles. The van der Waals surface area contributed by atoms with Gasteiger partial charge in [-0.3, -0.25) is 14.6 Å². The van der Waals surface area contributed by atoms with Gasteiger partial charge in [-0.1, -0.05) is 13.3 Å². The lowest BCUT2D eigenvalue weighted by molar-refractivity contribution is 0.190. The first-order chi connectivity index (χ1) is 18.5. The lowest BCUT2D eigenvalue weighted by Crippen LogP contribution is -2.18. The fourth-order valence-electron chi connectivity index (χ4n) is 4.55. The van der Waals surface area contributed by atoms with Gasteiger partial charge in [-0.05, 0) is 44.0 Å². The number of rotatable bonds is 8. The van der Waals surface area contributed by atoms with Crippen LogP contribution < -0.4 is 5.32 Å². The normalized spacial score (nSPS) is 12.4. The molecule has 11 heteroatoms. The number of unbranched alkanes of at least 4 members (excludes halogenated alkanes) is 1. The number of aliphatic hydroxyl groups is 1. The van der Waals surface area contributed by atoms with Crippen molar-refractivity contribution in [2.75, 3.05) is 5.32 Å². The van der Waals surface area contributed by atoms with Gasteiger partial charge in [0.05, 0.1) is 34.0 Å². The van der Waals surface area contributed by atoms with E-state index in [1.54, 1.807) is 47.7 Å². The number of aryl methyl sites for hydroxylation is 1. The zero-order valence-corrected chi connectivity index (χ0v) is 20.9. The van der Waals surface area contributed by atoms with Gasteiger partial charge in [0.25, 0.3) is 0 Å². The molecule has 10 nitrogen and oxygen atoms in total. The highest BCUT2D eigenvalue weighted by Crippen LogP contribution is 2.34. The van der Waals surface area contributed by atoms with Crippen molar-refractivity contribution in [3.63, 3.8) is 0 Å². The van der Waals surface area contributed by atoms with E-state index in [2.05, 4.69) is 42.4 Å². The third-order valence-electron chi connectivity index (χ3n) is 6.44. The van der Waals surface area contributed by atoms with E-state index in [-0.39, 0.29) is 0 Å². The summed E-state index contributed by atoms with van der Waals surface area (Å²) >= 11 is 0. The number of halogens is 1. The molecule has 0 aliphatic carbocycles. The molecule has 1 aromatic carbocycles. The van der Waals surface area contributed by atoms with Crippen LogP contribution in [-0.2, 0) is 0 Å². The lowest BCUT2D eigenvalue weighted by Gasteiger charge is -2.14. The Morgan fingerprint density at radius 1 is 1.16 bits per heavy atom. The van der Waals surface area contributed by atoms with Crippen LogP contribution in [0.2, 0.25) is 0 Å². The summed E-state index contributed by atoms with van der Waals surface area (Å²) in [5.41, 5.74) is 4.69. The summed E-state index contributed by atoms with van der Waals surface area (Å²) in [6.07, 6.45) is 10.3. The molecule has 0 spiro atoms. The van der Waals surface area contributed by atoms with Gasteiger partial charge in [-0.2, -0.15) is 5.10 Å². The summed E-state index contributed by atoms with van der Waals surface area (Å²) < 4.78 is 17.9. The van der Waals surface area contributed by atoms with Crippen LogP contribution in [0.1, 0.15) is 31.9 Å². The van der Waals surface area contributed by atoms with Crippen molar-refractivity contribution in [1.82, 2.24) is 39.7 Å². The Labute approximate surface area is 217 Å². The standard InChI is InChI=1S/C27H26FN9O/c1-3-4-5-21(38)32-17-10-16(11-29-12-17)18-6-7-19-22(23(18)28)25(36-35-19)26-33-20-8-9-30-27(24(20)34-26)37-13-15(2)31-14-37/h6-14,21,32,38H,3-5H2,1-2H3,(H,33,34)(H,35,36). The monoisotopic (exact) mass is 511 g/mol. The summed E-state index contributed by atoms with van der Waals surface area (Å²) in [6.45, 7) is 3.97. The van der Waals surface area contributed by atoms with E-state index in [4.69, 9.17) is 4.98 Å². The van der Waals surface area contributed by atoms with Crippen molar-refractivity contribution in [2.45, 2.75) is 39.3 Å². The molecule has 0 saturated carbocycles. The maximum atomic E-state index is 16.1. The number of nitrogens with zero attached hydrogens (tertiary/aromatic N) is 6. The minimum atomic E-state index is -0.696. The highest BCUT2D eigenvalue weighted by molar-refractivity contribution is 5.97. The molecule has 5 aromatic heterocycles. The minimum absolute atomic E-state index is 0.316. The van der Waals surface area contributed by atoms with Crippen LogP contribution in [0, 0.1) is 12.7 Å². The number of fused-ring (bicyclic) bond motifs is 2. The third-order valence-corrected chi connectivity index (χ3v) is 6.44. The third kappa shape index (κ3) is 4.26. The number of benzene rings is 1. The average Bonchev–Trinajstić information content (AvgIpc) is 3.65. The summed E-state index contributed by atoms with van der Waals surface area (Å²) in [5, 5.41) is 20.9. The number of hydrogen-bond acceptors (Lipinski definition) is 7. The predicted molar refractivity (Wildman–Crippen MR) is 143 cm³/mol. The first-order valence-electron chi connectivity index (χ1n) is 12.4. The molecule has 192 valence electrons. The molecule has 6 rings (SSSR count).